The SMILES string of the molecule is O=C(Nc1ccccc1C(F)(F)F)N1CCN(c2nc(Cc3ccccc3)nc3onc(-c4cccc(Oc5ccccc5)c4)c23)CC1. The molecule has 9 nitrogen and oxygen atoms in total. The fourth-order valence-electron chi connectivity index (χ4n) is 5.65. The highest BCUT2D eigenvalue weighted by molar-refractivity contribution is 5.98. The van der Waals surface area contributed by atoms with Crippen molar-refractivity contribution in [1.82, 2.24) is 20.0 Å². The molecule has 0 radical (unpaired) electrons. The highest BCUT2D eigenvalue weighted by Crippen LogP contribution is 2.37. The molecular weight excluding hydrogens is 621 g/mol. The van der Waals surface area contributed by atoms with Gasteiger partial charge in [0.05, 0.1) is 11.3 Å². The maximum Gasteiger partial charge on any atom is 0.418 e. The number of piperazine rings is 1. The van der Waals surface area contributed by atoms with E-state index in [1.54, 1.807) is 0 Å². The van der Waals surface area contributed by atoms with E-state index >= 15 is 0 Å². The standard InChI is InChI=1S/C36H29F3N6O3/c37-36(38,39)28-16-7-8-17-29(28)40-35(46)45-20-18-44(19-21-45)33-31-32(25-12-9-15-27(23-25)47-26-13-5-2-6-14-26)43-48-34(31)42-30(41-33)22-24-10-3-1-4-11-24/h1-17,23H,18-22H2,(H,40,46). The van der Waals surface area contributed by atoms with Crippen LogP contribution in [-0.4, -0.2) is 52.2 Å². The van der Waals surface area contributed by atoms with Crippen LogP contribution in [-0.2, 0) is 12.6 Å². The van der Waals surface area contributed by atoms with Gasteiger partial charge in [-0.05, 0) is 42.0 Å². The van der Waals surface area contributed by atoms with Crippen molar-refractivity contribution in [2.24, 2.45) is 0 Å². The van der Waals surface area contributed by atoms with Crippen LogP contribution in [0, 0.1) is 0 Å². The lowest BCUT2D eigenvalue weighted by Gasteiger charge is -2.35. The highest BCUT2D eigenvalue weighted by Gasteiger charge is 2.34. The highest BCUT2D eigenvalue weighted by atomic mass is 19.4. The van der Waals surface area contributed by atoms with Gasteiger partial charge in [0.15, 0.2) is 0 Å². The Balaban J connectivity index is 1.18. The summed E-state index contributed by atoms with van der Waals surface area (Å²) >= 11 is 0. The number of nitrogens with zero attached hydrogens (tertiary/aromatic N) is 5. The number of hydrogen-bond acceptors (Lipinski definition) is 7. The number of benzene rings is 4. The summed E-state index contributed by atoms with van der Waals surface area (Å²) in [6.07, 6.45) is -4.14. The smallest absolute Gasteiger partial charge is 0.418 e. The summed E-state index contributed by atoms with van der Waals surface area (Å²) in [5.41, 5.74) is 1.43. The van der Waals surface area contributed by atoms with E-state index in [2.05, 4.69) is 10.5 Å². The molecule has 0 saturated carbocycles. The number of amides is 2. The zero-order valence-electron chi connectivity index (χ0n) is 25.5. The second-order valence-electron chi connectivity index (χ2n) is 11.2. The van der Waals surface area contributed by atoms with Crippen molar-refractivity contribution in [2.75, 3.05) is 36.4 Å². The van der Waals surface area contributed by atoms with Gasteiger partial charge in [-0.25, -0.2) is 9.78 Å². The molecule has 0 bridgehead atoms. The number of halogens is 3. The molecule has 48 heavy (non-hydrogen) atoms. The third-order valence-corrected chi connectivity index (χ3v) is 8.00. The Morgan fingerprint density at radius 1 is 0.812 bits per heavy atom. The van der Waals surface area contributed by atoms with E-state index in [4.69, 9.17) is 19.2 Å². The van der Waals surface area contributed by atoms with Crippen LogP contribution in [0.1, 0.15) is 17.0 Å². The summed E-state index contributed by atoms with van der Waals surface area (Å²) in [7, 11) is 0. The van der Waals surface area contributed by atoms with Crippen LogP contribution in [0.5, 0.6) is 11.5 Å². The summed E-state index contributed by atoms with van der Waals surface area (Å²) in [6.45, 7) is 1.24. The first-order valence-electron chi connectivity index (χ1n) is 15.3. The normalized spacial score (nSPS) is 13.5. The molecule has 7 rings (SSSR count). The minimum absolute atomic E-state index is 0.251. The van der Waals surface area contributed by atoms with Crippen LogP contribution >= 0.6 is 0 Å². The van der Waals surface area contributed by atoms with Gasteiger partial charge < -0.3 is 24.4 Å². The second kappa shape index (κ2) is 13.1. The number of aromatic nitrogens is 3. The van der Waals surface area contributed by atoms with E-state index in [0.717, 1.165) is 17.2 Å². The van der Waals surface area contributed by atoms with Crippen LogP contribution in [0.25, 0.3) is 22.4 Å². The topological polar surface area (TPSA) is 96.6 Å². The average molecular weight is 651 g/mol. The van der Waals surface area contributed by atoms with Crippen LogP contribution in [0.3, 0.4) is 0 Å². The zero-order valence-corrected chi connectivity index (χ0v) is 25.5. The van der Waals surface area contributed by atoms with Crippen LogP contribution in [0.15, 0.2) is 114 Å². The lowest BCUT2D eigenvalue weighted by atomic mass is 10.1. The Labute approximate surface area is 273 Å². The van der Waals surface area contributed by atoms with Gasteiger partial charge >= 0.3 is 12.2 Å². The summed E-state index contributed by atoms with van der Waals surface area (Å²) in [5.74, 6) is 2.44. The fraction of sp³-hybridized carbons (Fsp3) is 0.167. The number of hydrogen-bond donors (Lipinski definition) is 1. The summed E-state index contributed by atoms with van der Waals surface area (Å²) in [4.78, 5) is 26.3. The van der Waals surface area contributed by atoms with Crippen molar-refractivity contribution in [3.63, 3.8) is 0 Å². The fourth-order valence-corrected chi connectivity index (χ4v) is 5.65. The van der Waals surface area contributed by atoms with Gasteiger partial charge in [-0.3, -0.25) is 0 Å². The predicted molar refractivity (Wildman–Crippen MR) is 175 cm³/mol. The Morgan fingerprint density at radius 2 is 1.50 bits per heavy atom. The van der Waals surface area contributed by atoms with E-state index in [9.17, 15) is 18.0 Å². The quantitative estimate of drug-likeness (QED) is 0.187. The monoisotopic (exact) mass is 650 g/mol. The number of rotatable bonds is 7. The second-order valence-corrected chi connectivity index (χ2v) is 11.2. The molecule has 0 aliphatic carbocycles. The number of anilines is 2. The molecule has 3 heterocycles. The van der Waals surface area contributed by atoms with Crippen LogP contribution in [0.4, 0.5) is 29.5 Å². The number of urea groups is 1. The predicted octanol–water partition coefficient (Wildman–Crippen LogP) is 8.04. The zero-order chi connectivity index (χ0) is 33.1. The molecule has 1 N–H and O–H groups in total. The van der Waals surface area contributed by atoms with Crippen molar-refractivity contribution in [1.29, 1.82) is 0 Å². The molecule has 4 aromatic carbocycles. The van der Waals surface area contributed by atoms with Crippen LogP contribution < -0.4 is 15.0 Å². The molecule has 1 saturated heterocycles. The third-order valence-electron chi connectivity index (χ3n) is 8.00. The Bertz CT molecular complexity index is 2050. The van der Waals surface area contributed by atoms with Crippen LogP contribution in [0.2, 0.25) is 0 Å². The molecule has 6 aromatic rings. The van der Waals surface area contributed by atoms with E-state index in [1.165, 1.54) is 23.1 Å². The van der Waals surface area contributed by atoms with Gasteiger partial charge in [-0.1, -0.05) is 78.0 Å². The number of ether oxygens (including phenoxy) is 1. The summed E-state index contributed by atoms with van der Waals surface area (Å²) in [6, 6.07) is 31.1. The number of nitrogens with one attached hydrogen (secondary N) is 1. The van der Waals surface area contributed by atoms with E-state index < -0.39 is 17.8 Å². The number of carbonyl (C=O) groups is 1. The molecule has 2 aromatic heterocycles. The van der Waals surface area contributed by atoms with E-state index in [0.29, 0.717) is 59.4 Å². The number of para-hydroxylation sites is 2. The molecule has 1 aliphatic rings. The van der Waals surface area contributed by atoms with Gasteiger partial charge in [0, 0.05) is 38.2 Å². The lowest BCUT2D eigenvalue weighted by Crippen LogP contribution is -2.50. The van der Waals surface area contributed by atoms with Crippen molar-refractivity contribution >= 4 is 28.6 Å². The molecule has 2 amide bonds. The largest absolute Gasteiger partial charge is 0.457 e. The van der Waals surface area contributed by atoms with Gasteiger partial charge in [-0.2, -0.15) is 18.2 Å². The third kappa shape index (κ3) is 6.63. The molecule has 1 fully saturated rings. The van der Waals surface area contributed by atoms with Gasteiger partial charge in [0.2, 0.25) is 0 Å². The van der Waals surface area contributed by atoms with E-state index in [1.807, 2.05) is 89.8 Å². The van der Waals surface area contributed by atoms with E-state index in [-0.39, 0.29) is 18.8 Å². The maximum absolute atomic E-state index is 13.5. The molecule has 12 heteroatoms. The Morgan fingerprint density at radius 3 is 2.25 bits per heavy atom. The molecule has 0 spiro atoms. The molecule has 242 valence electrons. The molecular formula is C36H29F3N6O3. The summed E-state index contributed by atoms with van der Waals surface area (Å²) in [5, 5.41) is 7.46. The first-order chi connectivity index (χ1) is 23.3. The Kier molecular flexibility index (Phi) is 8.37. The van der Waals surface area contributed by atoms with Crippen molar-refractivity contribution in [2.45, 2.75) is 12.6 Å². The number of alkyl halides is 3. The lowest BCUT2D eigenvalue weighted by molar-refractivity contribution is -0.136. The van der Waals surface area contributed by atoms with Gasteiger partial charge in [0.25, 0.3) is 5.71 Å². The van der Waals surface area contributed by atoms with Gasteiger partial charge in [-0.15, -0.1) is 0 Å². The Hall–Kier alpha value is -5.91. The minimum Gasteiger partial charge on any atom is -0.457 e. The first kappa shape index (κ1) is 30.7. The van der Waals surface area contributed by atoms with Crippen molar-refractivity contribution < 1.29 is 27.2 Å². The first-order valence-corrected chi connectivity index (χ1v) is 15.3. The number of fused-ring (bicyclic) bond motifs is 1. The molecule has 0 unspecified atom stereocenters. The van der Waals surface area contributed by atoms with Gasteiger partial charge in [0.1, 0.15) is 34.2 Å². The average Bonchev–Trinajstić information content (AvgIpc) is 3.53. The number of carbonyl (C=O) groups excluding carboxylic acids is 1. The van der Waals surface area contributed by atoms with Crippen molar-refractivity contribution in [3.8, 4) is 22.8 Å². The molecule has 1 aliphatic heterocycles. The minimum atomic E-state index is -4.60. The van der Waals surface area contributed by atoms with Crippen molar-refractivity contribution in [3.05, 3.63) is 126 Å². The molecule has 0 atom stereocenters. The summed E-state index contributed by atoms with van der Waals surface area (Å²) < 4.78 is 52.4. The maximum atomic E-state index is 13.5.